The van der Waals surface area contributed by atoms with Crippen LogP contribution in [0, 0.1) is 0 Å². The Morgan fingerprint density at radius 2 is 1.76 bits per heavy atom. The number of hydrogen-bond donors (Lipinski definition) is 0. The molecule has 0 aromatic heterocycles. The van der Waals surface area contributed by atoms with Crippen LogP contribution in [0.1, 0.15) is 41.3 Å². The molecule has 0 bridgehead atoms. The molecule has 0 unspecified atom stereocenters. The van der Waals surface area contributed by atoms with Crippen molar-refractivity contribution in [2.24, 2.45) is 0 Å². The van der Waals surface area contributed by atoms with Gasteiger partial charge in [-0.1, -0.05) is 49.7 Å². The van der Waals surface area contributed by atoms with Gasteiger partial charge in [0.2, 0.25) is 5.91 Å². The number of alkyl halides is 3. The van der Waals surface area contributed by atoms with Gasteiger partial charge in [-0.2, -0.15) is 13.2 Å². The summed E-state index contributed by atoms with van der Waals surface area (Å²) in [5, 5.41) is -0.648. The van der Waals surface area contributed by atoms with Crippen molar-refractivity contribution >= 4 is 29.1 Å². The molecule has 0 saturated carbocycles. The van der Waals surface area contributed by atoms with E-state index in [-0.39, 0.29) is 37.0 Å². The molecular weight excluding hydrogens is 405 g/mol. The van der Waals surface area contributed by atoms with Gasteiger partial charge in [-0.05, 0) is 29.7 Å². The van der Waals surface area contributed by atoms with E-state index in [9.17, 15) is 22.8 Å². The van der Waals surface area contributed by atoms with E-state index >= 15 is 0 Å². The molecule has 2 amide bonds. The molecule has 0 spiro atoms. The van der Waals surface area contributed by atoms with Crippen molar-refractivity contribution in [1.82, 2.24) is 4.90 Å². The van der Waals surface area contributed by atoms with Crippen LogP contribution in [0.4, 0.5) is 18.9 Å². The molecule has 0 N–H and O–H groups in total. The molecule has 4 nitrogen and oxygen atoms in total. The number of rotatable bonds is 3. The summed E-state index contributed by atoms with van der Waals surface area (Å²) in [6.45, 7) is 4.28. The third kappa shape index (κ3) is 4.24. The Labute approximate surface area is 171 Å². The standard InChI is InChI=1S/C21H20ClF3N2O2/c1-13(2)14-6-3-4-9-17(14)27-11-10-26(12-18(27)28)20(29)15-7-5-8-16(19(15)22)21(23,24)25/h3-9,13H,10-12H2,1-2H3. The average Bonchev–Trinajstić information content (AvgIpc) is 2.66. The maximum atomic E-state index is 13.1. The summed E-state index contributed by atoms with van der Waals surface area (Å²) >= 11 is 5.86. The molecule has 3 rings (SSSR count). The van der Waals surface area contributed by atoms with E-state index in [4.69, 9.17) is 11.6 Å². The van der Waals surface area contributed by atoms with Crippen LogP contribution in [0.3, 0.4) is 0 Å². The van der Waals surface area contributed by atoms with Crippen molar-refractivity contribution in [1.29, 1.82) is 0 Å². The van der Waals surface area contributed by atoms with Gasteiger partial charge >= 0.3 is 6.18 Å². The van der Waals surface area contributed by atoms with Gasteiger partial charge in [-0.25, -0.2) is 0 Å². The number of anilines is 1. The lowest BCUT2D eigenvalue weighted by Crippen LogP contribution is -2.52. The zero-order valence-corrected chi connectivity index (χ0v) is 16.7. The Hall–Kier alpha value is -2.54. The molecule has 1 heterocycles. The number of amides is 2. The van der Waals surface area contributed by atoms with E-state index in [2.05, 4.69) is 0 Å². The quantitative estimate of drug-likeness (QED) is 0.698. The molecule has 1 saturated heterocycles. The predicted molar refractivity (Wildman–Crippen MR) is 105 cm³/mol. The minimum Gasteiger partial charge on any atom is -0.327 e. The van der Waals surface area contributed by atoms with E-state index in [0.717, 1.165) is 23.4 Å². The van der Waals surface area contributed by atoms with Crippen molar-refractivity contribution < 1.29 is 22.8 Å². The highest BCUT2D eigenvalue weighted by molar-refractivity contribution is 6.34. The number of nitrogens with zero attached hydrogens (tertiary/aromatic N) is 2. The molecular formula is C21H20ClF3N2O2. The summed E-state index contributed by atoms with van der Waals surface area (Å²) < 4.78 is 39.2. The summed E-state index contributed by atoms with van der Waals surface area (Å²) in [6.07, 6.45) is -4.66. The molecule has 2 aromatic rings. The molecule has 0 radical (unpaired) electrons. The first-order chi connectivity index (χ1) is 13.6. The number of carbonyl (C=O) groups excluding carboxylic acids is 2. The molecule has 2 aromatic carbocycles. The largest absolute Gasteiger partial charge is 0.417 e. The molecule has 154 valence electrons. The Bertz CT molecular complexity index is 944. The third-order valence-electron chi connectivity index (χ3n) is 4.89. The first-order valence-electron chi connectivity index (χ1n) is 9.15. The minimum absolute atomic E-state index is 0.198. The van der Waals surface area contributed by atoms with Gasteiger partial charge in [0.15, 0.2) is 0 Å². The van der Waals surface area contributed by atoms with Gasteiger partial charge in [0.05, 0.1) is 16.1 Å². The van der Waals surface area contributed by atoms with Crippen molar-refractivity contribution in [3.63, 3.8) is 0 Å². The van der Waals surface area contributed by atoms with Crippen molar-refractivity contribution in [3.8, 4) is 0 Å². The maximum absolute atomic E-state index is 13.1. The van der Waals surface area contributed by atoms with Gasteiger partial charge < -0.3 is 9.80 Å². The van der Waals surface area contributed by atoms with Crippen LogP contribution in [0.5, 0.6) is 0 Å². The molecule has 1 aliphatic heterocycles. The van der Waals surface area contributed by atoms with Crippen LogP contribution in [0.25, 0.3) is 0 Å². The lowest BCUT2D eigenvalue weighted by atomic mass is 10.00. The fraction of sp³-hybridized carbons (Fsp3) is 0.333. The SMILES string of the molecule is CC(C)c1ccccc1N1CCN(C(=O)c2cccc(C(F)(F)F)c2Cl)CC1=O. The van der Waals surface area contributed by atoms with Crippen LogP contribution in [-0.2, 0) is 11.0 Å². The van der Waals surface area contributed by atoms with Gasteiger partial charge in [-0.3, -0.25) is 9.59 Å². The fourth-order valence-electron chi connectivity index (χ4n) is 3.41. The van der Waals surface area contributed by atoms with Gasteiger partial charge in [0, 0.05) is 18.8 Å². The average molecular weight is 425 g/mol. The van der Waals surface area contributed by atoms with Crippen LogP contribution in [-0.4, -0.2) is 36.3 Å². The zero-order valence-electron chi connectivity index (χ0n) is 16.0. The number of benzene rings is 2. The number of halogens is 4. The Morgan fingerprint density at radius 3 is 2.38 bits per heavy atom. The van der Waals surface area contributed by atoms with E-state index in [1.54, 1.807) is 4.90 Å². The fourth-order valence-corrected chi connectivity index (χ4v) is 3.72. The van der Waals surface area contributed by atoms with Gasteiger partial charge in [0.25, 0.3) is 5.91 Å². The normalized spacial score (nSPS) is 15.2. The molecule has 1 aliphatic rings. The topological polar surface area (TPSA) is 40.6 Å². The molecule has 1 fully saturated rings. The highest BCUT2D eigenvalue weighted by Crippen LogP contribution is 2.37. The summed E-state index contributed by atoms with van der Waals surface area (Å²) in [6, 6.07) is 10.8. The highest BCUT2D eigenvalue weighted by atomic mass is 35.5. The summed E-state index contributed by atoms with van der Waals surface area (Å²) in [4.78, 5) is 28.4. The monoisotopic (exact) mass is 424 g/mol. The summed E-state index contributed by atoms with van der Waals surface area (Å²) in [5.74, 6) is -0.769. The number of carbonyl (C=O) groups is 2. The molecule has 0 atom stereocenters. The zero-order chi connectivity index (χ0) is 21.3. The number of hydrogen-bond acceptors (Lipinski definition) is 2. The van der Waals surface area contributed by atoms with Crippen LogP contribution < -0.4 is 4.90 Å². The summed E-state index contributed by atoms with van der Waals surface area (Å²) in [5.41, 5.74) is 0.476. The third-order valence-corrected chi connectivity index (χ3v) is 5.30. The second-order valence-corrected chi connectivity index (χ2v) is 7.53. The smallest absolute Gasteiger partial charge is 0.327 e. The number of para-hydroxylation sites is 1. The Morgan fingerprint density at radius 1 is 1.07 bits per heavy atom. The maximum Gasteiger partial charge on any atom is 0.417 e. The highest BCUT2D eigenvalue weighted by Gasteiger charge is 2.36. The van der Waals surface area contributed by atoms with E-state index in [1.807, 2.05) is 38.1 Å². The summed E-state index contributed by atoms with van der Waals surface area (Å²) in [7, 11) is 0. The second-order valence-electron chi connectivity index (χ2n) is 7.15. The minimum atomic E-state index is -4.66. The van der Waals surface area contributed by atoms with E-state index in [1.165, 1.54) is 11.0 Å². The lowest BCUT2D eigenvalue weighted by molar-refractivity contribution is -0.137. The van der Waals surface area contributed by atoms with Crippen molar-refractivity contribution in [2.75, 3.05) is 24.5 Å². The lowest BCUT2D eigenvalue weighted by Gasteiger charge is -2.36. The van der Waals surface area contributed by atoms with Crippen LogP contribution >= 0.6 is 11.6 Å². The predicted octanol–water partition coefficient (Wildman–Crippen LogP) is 4.97. The van der Waals surface area contributed by atoms with E-state index in [0.29, 0.717) is 0 Å². The first-order valence-corrected chi connectivity index (χ1v) is 9.53. The molecule has 29 heavy (non-hydrogen) atoms. The second kappa shape index (κ2) is 8.06. The molecule has 8 heteroatoms. The van der Waals surface area contributed by atoms with Crippen LogP contribution in [0.15, 0.2) is 42.5 Å². The Kier molecular flexibility index (Phi) is 5.89. The van der Waals surface area contributed by atoms with E-state index < -0.39 is 22.7 Å². The van der Waals surface area contributed by atoms with Crippen LogP contribution in [0.2, 0.25) is 5.02 Å². The van der Waals surface area contributed by atoms with Gasteiger partial charge in [-0.15, -0.1) is 0 Å². The number of piperazine rings is 1. The van der Waals surface area contributed by atoms with Crippen molar-refractivity contribution in [3.05, 3.63) is 64.2 Å². The van der Waals surface area contributed by atoms with Crippen molar-refractivity contribution in [2.45, 2.75) is 25.9 Å². The Balaban J connectivity index is 1.82. The molecule has 0 aliphatic carbocycles. The van der Waals surface area contributed by atoms with Gasteiger partial charge in [0.1, 0.15) is 6.54 Å². The first kappa shape index (κ1) is 21.2.